The molecule has 0 atom stereocenters. The Kier molecular flexibility index (Phi) is 23.6. The average Bonchev–Trinajstić information content (AvgIpc) is 2.43. The van der Waals surface area contributed by atoms with Gasteiger partial charge >= 0.3 is 0 Å². The third-order valence-corrected chi connectivity index (χ3v) is 4.01. The summed E-state index contributed by atoms with van der Waals surface area (Å²) in [6, 6.07) is 0. The van der Waals surface area contributed by atoms with Crippen molar-refractivity contribution in [3.63, 3.8) is 0 Å². The Morgan fingerprint density at radius 3 is 0.950 bits per heavy atom. The highest BCUT2D eigenvalue weighted by atomic mass is 16.2. The summed E-state index contributed by atoms with van der Waals surface area (Å²) in [5.74, 6) is 0. The molecular formula is C18H40O2. The average molecular weight is 289 g/mol. The van der Waals surface area contributed by atoms with E-state index in [0.29, 0.717) is 6.61 Å². The number of aliphatic hydroxyl groups excluding tert-OH is 1. The van der Waals surface area contributed by atoms with Gasteiger partial charge in [-0.2, -0.15) is 0 Å². The fraction of sp³-hybridized carbons (Fsp3) is 1.00. The first kappa shape index (κ1) is 22.2. The Balaban J connectivity index is 0. The minimum absolute atomic E-state index is 0. The van der Waals surface area contributed by atoms with E-state index in [1.165, 1.54) is 96.3 Å². The molecule has 124 valence electrons. The van der Waals surface area contributed by atoms with Crippen molar-refractivity contribution in [1.29, 1.82) is 0 Å². The van der Waals surface area contributed by atoms with Gasteiger partial charge in [-0.15, -0.1) is 0 Å². The van der Waals surface area contributed by atoms with Gasteiger partial charge in [-0.3, -0.25) is 0 Å². The van der Waals surface area contributed by atoms with E-state index in [-0.39, 0.29) is 5.48 Å². The van der Waals surface area contributed by atoms with Gasteiger partial charge in [0.05, 0.1) is 0 Å². The van der Waals surface area contributed by atoms with Gasteiger partial charge in [0.25, 0.3) is 0 Å². The van der Waals surface area contributed by atoms with E-state index in [0.717, 1.165) is 6.42 Å². The molecule has 20 heavy (non-hydrogen) atoms. The van der Waals surface area contributed by atoms with Crippen LogP contribution in [-0.4, -0.2) is 17.2 Å². The Labute approximate surface area is 127 Å². The van der Waals surface area contributed by atoms with Gasteiger partial charge in [0.2, 0.25) is 0 Å². The normalized spacial score (nSPS) is 10.5. The molecule has 0 spiro atoms. The Morgan fingerprint density at radius 2 is 0.700 bits per heavy atom. The second-order valence-corrected chi connectivity index (χ2v) is 6.03. The quantitative estimate of drug-likeness (QED) is 0.379. The van der Waals surface area contributed by atoms with Crippen molar-refractivity contribution in [2.45, 2.75) is 110 Å². The fourth-order valence-electron chi connectivity index (χ4n) is 2.66. The molecule has 0 aliphatic rings. The van der Waals surface area contributed by atoms with Crippen molar-refractivity contribution >= 4 is 0 Å². The summed E-state index contributed by atoms with van der Waals surface area (Å²) < 4.78 is 0. The maximum Gasteiger partial charge on any atom is 0.0431 e. The summed E-state index contributed by atoms with van der Waals surface area (Å²) in [4.78, 5) is 0. The van der Waals surface area contributed by atoms with E-state index in [9.17, 15) is 0 Å². The van der Waals surface area contributed by atoms with Crippen LogP contribution in [0.4, 0.5) is 0 Å². The van der Waals surface area contributed by atoms with E-state index in [1.807, 2.05) is 0 Å². The lowest BCUT2D eigenvalue weighted by Crippen LogP contribution is -1.85. The van der Waals surface area contributed by atoms with Gasteiger partial charge < -0.3 is 10.6 Å². The van der Waals surface area contributed by atoms with Crippen molar-refractivity contribution in [3.8, 4) is 0 Å². The van der Waals surface area contributed by atoms with E-state index >= 15 is 0 Å². The Hall–Kier alpha value is -0.0800. The Morgan fingerprint density at radius 1 is 0.450 bits per heavy atom. The van der Waals surface area contributed by atoms with Crippen LogP contribution >= 0.6 is 0 Å². The summed E-state index contributed by atoms with van der Waals surface area (Å²) in [6.45, 7) is 2.66. The molecule has 0 heterocycles. The third kappa shape index (κ3) is 20.2. The smallest absolute Gasteiger partial charge is 0.0431 e. The van der Waals surface area contributed by atoms with Crippen LogP contribution in [0.1, 0.15) is 110 Å². The van der Waals surface area contributed by atoms with E-state index < -0.39 is 0 Å². The molecule has 2 heteroatoms. The minimum Gasteiger partial charge on any atom is -0.412 e. The predicted octanol–water partition coefficient (Wildman–Crippen LogP) is 5.42. The van der Waals surface area contributed by atoms with Crippen molar-refractivity contribution in [3.05, 3.63) is 0 Å². The van der Waals surface area contributed by atoms with Crippen LogP contribution in [0.5, 0.6) is 0 Å². The molecule has 0 saturated carbocycles. The first-order valence-electron chi connectivity index (χ1n) is 9.02. The summed E-state index contributed by atoms with van der Waals surface area (Å²) in [5.41, 5.74) is 0. The highest BCUT2D eigenvalue weighted by molar-refractivity contribution is 4.49. The SMILES string of the molecule is CCCCCCCCCCCCCCCCCCO.O. The number of aliphatic hydroxyl groups is 1. The lowest BCUT2D eigenvalue weighted by molar-refractivity contribution is 0.282. The molecule has 0 aliphatic carbocycles. The van der Waals surface area contributed by atoms with Crippen LogP contribution in [0.25, 0.3) is 0 Å². The molecule has 0 aromatic carbocycles. The first-order valence-corrected chi connectivity index (χ1v) is 9.02. The molecule has 0 radical (unpaired) electrons. The number of unbranched alkanes of at least 4 members (excludes halogenated alkanes) is 15. The van der Waals surface area contributed by atoms with Gasteiger partial charge in [-0.25, -0.2) is 0 Å². The second kappa shape index (κ2) is 21.2. The highest BCUT2D eigenvalue weighted by Crippen LogP contribution is 2.13. The van der Waals surface area contributed by atoms with Crippen LogP contribution in [0.15, 0.2) is 0 Å². The fourth-order valence-corrected chi connectivity index (χ4v) is 2.66. The van der Waals surface area contributed by atoms with Crippen LogP contribution < -0.4 is 0 Å². The summed E-state index contributed by atoms with van der Waals surface area (Å²) in [6.07, 6.45) is 22.2. The molecule has 0 aliphatic heterocycles. The largest absolute Gasteiger partial charge is 0.412 e. The van der Waals surface area contributed by atoms with Crippen molar-refractivity contribution in [2.75, 3.05) is 6.61 Å². The lowest BCUT2D eigenvalue weighted by Gasteiger charge is -2.03. The van der Waals surface area contributed by atoms with Gasteiger partial charge in [0.15, 0.2) is 0 Å². The molecule has 3 N–H and O–H groups in total. The zero-order chi connectivity index (χ0) is 14.0. The van der Waals surface area contributed by atoms with Gasteiger partial charge in [-0.1, -0.05) is 103 Å². The molecule has 0 unspecified atom stereocenters. The van der Waals surface area contributed by atoms with Gasteiger partial charge in [0, 0.05) is 6.61 Å². The maximum absolute atomic E-state index is 8.67. The second-order valence-electron chi connectivity index (χ2n) is 6.03. The number of hydrogen-bond donors (Lipinski definition) is 1. The number of rotatable bonds is 16. The standard InChI is InChI=1S/C18H38O.H2O/c1-2-3-4-5-6-7-8-9-10-11-12-13-14-15-16-17-18-19;/h19H,2-18H2,1H3;1H2. The monoisotopic (exact) mass is 288 g/mol. The van der Waals surface area contributed by atoms with E-state index in [4.69, 9.17) is 5.11 Å². The zero-order valence-corrected chi connectivity index (χ0v) is 14.0. The topological polar surface area (TPSA) is 51.7 Å². The molecule has 0 saturated heterocycles. The maximum atomic E-state index is 8.67. The van der Waals surface area contributed by atoms with Crippen LogP contribution in [0.3, 0.4) is 0 Å². The predicted molar refractivity (Wildman–Crippen MR) is 90.2 cm³/mol. The Bertz CT molecular complexity index is 132. The molecule has 0 amide bonds. The molecule has 0 aromatic heterocycles. The van der Waals surface area contributed by atoms with Crippen LogP contribution in [0, 0.1) is 0 Å². The van der Waals surface area contributed by atoms with Crippen molar-refractivity contribution in [1.82, 2.24) is 0 Å². The summed E-state index contributed by atoms with van der Waals surface area (Å²) in [7, 11) is 0. The third-order valence-electron chi connectivity index (χ3n) is 4.01. The minimum atomic E-state index is 0. The first-order chi connectivity index (χ1) is 9.41. The molecule has 0 aromatic rings. The molecule has 2 nitrogen and oxygen atoms in total. The molecule has 0 rings (SSSR count). The van der Waals surface area contributed by atoms with Crippen LogP contribution in [0.2, 0.25) is 0 Å². The molecule has 0 bridgehead atoms. The van der Waals surface area contributed by atoms with Crippen LogP contribution in [-0.2, 0) is 0 Å². The van der Waals surface area contributed by atoms with Crippen molar-refractivity contribution in [2.24, 2.45) is 0 Å². The molecular weight excluding hydrogens is 248 g/mol. The molecule has 0 fully saturated rings. The van der Waals surface area contributed by atoms with E-state index in [2.05, 4.69) is 6.92 Å². The lowest BCUT2D eigenvalue weighted by atomic mass is 10.0. The summed E-state index contributed by atoms with van der Waals surface area (Å²) >= 11 is 0. The highest BCUT2D eigenvalue weighted by Gasteiger charge is 1.94. The number of hydrogen-bond acceptors (Lipinski definition) is 1. The summed E-state index contributed by atoms with van der Waals surface area (Å²) in [5, 5.41) is 8.67. The van der Waals surface area contributed by atoms with E-state index in [1.54, 1.807) is 0 Å². The van der Waals surface area contributed by atoms with Crippen molar-refractivity contribution < 1.29 is 10.6 Å². The van der Waals surface area contributed by atoms with Gasteiger partial charge in [0.1, 0.15) is 0 Å². The zero-order valence-electron chi connectivity index (χ0n) is 14.0. The van der Waals surface area contributed by atoms with Gasteiger partial charge in [-0.05, 0) is 6.42 Å².